The summed E-state index contributed by atoms with van der Waals surface area (Å²) in [5.74, 6) is 3.48. The lowest BCUT2D eigenvalue weighted by atomic mass is 9.72. The minimum atomic E-state index is -0.674. The highest BCUT2D eigenvalue weighted by Crippen LogP contribution is 2.47. The number of nitrogens with two attached hydrogens (primary N) is 1. The number of hydrogen-bond donors (Lipinski definition) is 4. The van der Waals surface area contributed by atoms with Gasteiger partial charge in [-0.1, -0.05) is 47.6 Å². The number of phenols is 1. The van der Waals surface area contributed by atoms with Gasteiger partial charge in [0.25, 0.3) is 16.8 Å². The van der Waals surface area contributed by atoms with Crippen molar-refractivity contribution in [1.82, 2.24) is 4.90 Å². The molecular formula is C51H60N4O10. The molecule has 0 fully saturated rings. The Balaban J connectivity index is 0.000000150. The zero-order valence-electron chi connectivity index (χ0n) is 38.5. The van der Waals surface area contributed by atoms with E-state index in [2.05, 4.69) is 38.3 Å². The SMILES string of the molecule is CC1(C)CCc2occc2C1=O.CC1(C)CCc2occc2C1N.CN(C)C(=O)c1cccc(Nc2c(NC3c4ccoc4CCC3(C)C)c(=O)c2=O)c1O.O=C1CCCc2occc21. The number of Topliss-reactive ketones (excluding diaryl/α,β-unsaturated/α-hetero) is 2. The lowest BCUT2D eigenvalue weighted by Gasteiger charge is -2.39. The van der Waals surface area contributed by atoms with Crippen LogP contribution in [-0.2, 0) is 25.7 Å². The van der Waals surface area contributed by atoms with Gasteiger partial charge in [-0.05, 0) is 72.9 Å². The maximum absolute atomic E-state index is 12.4. The number of furan rings is 4. The van der Waals surface area contributed by atoms with Crippen LogP contribution >= 0.6 is 0 Å². The Kier molecular flexibility index (Phi) is 13.1. The van der Waals surface area contributed by atoms with Gasteiger partial charge in [-0.2, -0.15) is 0 Å². The smallest absolute Gasteiger partial charge is 0.257 e. The van der Waals surface area contributed by atoms with Gasteiger partial charge in [0, 0.05) is 68.8 Å². The van der Waals surface area contributed by atoms with Crippen LogP contribution in [0.2, 0.25) is 0 Å². The van der Waals surface area contributed by atoms with E-state index in [4.69, 9.17) is 23.4 Å². The molecule has 0 radical (unpaired) electrons. The highest BCUT2D eigenvalue weighted by Gasteiger charge is 2.40. The van der Waals surface area contributed by atoms with Crippen molar-refractivity contribution in [2.45, 2.75) is 111 Å². The van der Waals surface area contributed by atoms with E-state index in [1.807, 2.05) is 26.0 Å². The van der Waals surface area contributed by atoms with Crippen LogP contribution in [-0.4, -0.2) is 41.6 Å². The second-order valence-corrected chi connectivity index (χ2v) is 19.6. The number of carbonyl (C=O) groups excluding carboxylic acids is 3. The number of aromatic hydroxyl groups is 1. The summed E-state index contributed by atoms with van der Waals surface area (Å²) >= 11 is 0. The lowest BCUT2D eigenvalue weighted by molar-refractivity contribution is 0.0802. The van der Waals surface area contributed by atoms with Crippen LogP contribution < -0.4 is 27.2 Å². The Morgan fingerprint density at radius 1 is 0.677 bits per heavy atom. The van der Waals surface area contributed by atoms with Gasteiger partial charge >= 0.3 is 0 Å². The molecule has 0 bridgehead atoms. The number of anilines is 3. The lowest BCUT2D eigenvalue weighted by Crippen LogP contribution is -2.41. The minimum absolute atomic E-state index is 0.0705. The maximum Gasteiger partial charge on any atom is 0.257 e. The standard InChI is InChI=1S/C23H25N3O5.C10H15NO.C10H12O2.C8H8O2/c1-23(2)10-8-15-12(9-11-31-15)21(23)25-17-16(19(28)20(17)29)24-14-7-5-6-13(18(14)27)22(30)26(3)4;2*1-10(2)5-3-8-7(9(10)11)4-6-12-8;9-7-2-1-3-8-6(7)4-5-10-8/h5-7,9,11,21,24-25,27H,8,10H2,1-4H3;4,6,9H,3,5,11H2,1-2H3;4,6H,3,5H2,1-2H3;4-5H,1-3H2. The van der Waals surface area contributed by atoms with Gasteiger partial charge in [-0.3, -0.25) is 24.0 Å². The van der Waals surface area contributed by atoms with Crippen LogP contribution in [0.15, 0.2) is 94.8 Å². The highest BCUT2D eigenvalue weighted by atomic mass is 16.3. The summed E-state index contributed by atoms with van der Waals surface area (Å²) in [6, 6.07) is 12.0. The first-order valence-corrected chi connectivity index (χ1v) is 22.2. The van der Waals surface area contributed by atoms with E-state index in [1.54, 1.807) is 63.4 Å². The first kappa shape index (κ1) is 46.6. The van der Waals surface area contributed by atoms with Gasteiger partial charge < -0.3 is 44.0 Å². The summed E-state index contributed by atoms with van der Waals surface area (Å²) in [5, 5.41) is 16.7. The molecule has 344 valence electrons. The van der Waals surface area contributed by atoms with Crippen molar-refractivity contribution in [1.29, 1.82) is 0 Å². The molecule has 2 atom stereocenters. The number of carbonyl (C=O) groups is 3. The molecule has 6 aromatic rings. The molecule has 10 rings (SSSR count). The summed E-state index contributed by atoms with van der Waals surface area (Å²) in [6.45, 7) is 12.6. The van der Waals surface area contributed by atoms with Crippen molar-refractivity contribution in [3.63, 3.8) is 0 Å². The zero-order valence-corrected chi connectivity index (χ0v) is 38.5. The second-order valence-electron chi connectivity index (χ2n) is 19.6. The quantitative estimate of drug-likeness (QED) is 0.0939. The summed E-state index contributed by atoms with van der Waals surface area (Å²) < 4.78 is 21.2. The van der Waals surface area contributed by atoms with Crippen molar-refractivity contribution in [2.24, 2.45) is 22.0 Å². The van der Waals surface area contributed by atoms with Gasteiger partial charge in [-0.15, -0.1) is 0 Å². The third kappa shape index (κ3) is 9.40. The average molecular weight is 889 g/mol. The van der Waals surface area contributed by atoms with Crippen molar-refractivity contribution < 1.29 is 37.2 Å². The summed E-state index contributed by atoms with van der Waals surface area (Å²) in [4.78, 5) is 61.2. The maximum atomic E-state index is 12.4. The second kappa shape index (κ2) is 18.2. The number of phenolic OH excluding ortho intramolecular Hbond substituents is 1. The molecule has 4 aromatic heterocycles. The Labute approximate surface area is 378 Å². The molecule has 14 nitrogen and oxygen atoms in total. The molecule has 0 saturated carbocycles. The van der Waals surface area contributed by atoms with Gasteiger partial charge in [0.1, 0.15) is 34.4 Å². The van der Waals surface area contributed by atoms with Crippen LogP contribution in [0.1, 0.15) is 151 Å². The third-order valence-electron chi connectivity index (χ3n) is 13.4. The summed E-state index contributed by atoms with van der Waals surface area (Å²) in [5.41, 5.74) is 8.93. The number of aryl methyl sites for hydroxylation is 4. The van der Waals surface area contributed by atoms with Gasteiger partial charge in [0.15, 0.2) is 17.3 Å². The molecule has 4 aliphatic carbocycles. The number of benzene rings is 1. The van der Waals surface area contributed by atoms with Crippen molar-refractivity contribution in [2.75, 3.05) is 24.7 Å². The van der Waals surface area contributed by atoms with Crippen LogP contribution in [0.5, 0.6) is 5.75 Å². The number of nitrogens with zero attached hydrogens (tertiary/aromatic N) is 1. The number of amides is 1. The fourth-order valence-corrected chi connectivity index (χ4v) is 8.88. The van der Waals surface area contributed by atoms with Gasteiger partial charge in [-0.25, -0.2) is 0 Å². The fourth-order valence-electron chi connectivity index (χ4n) is 8.88. The minimum Gasteiger partial charge on any atom is -0.505 e. The molecule has 14 heteroatoms. The first-order valence-electron chi connectivity index (χ1n) is 22.2. The predicted octanol–water partition coefficient (Wildman–Crippen LogP) is 9.64. The van der Waals surface area contributed by atoms with E-state index >= 15 is 0 Å². The van der Waals surface area contributed by atoms with E-state index in [0.29, 0.717) is 6.42 Å². The van der Waals surface area contributed by atoms with E-state index < -0.39 is 10.9 Å². The van der Waals surface area contributed by atoms with E-state index in [9.17, 15) is 29.1 Å². The summed E-state index contributed by atoms with van der Waals surface area (Å²) in [6.07, 6.45) is 14.7. The topological polar surface area (TPSA) is 211 Å². The average Bonchev–Trinajstić information content (AvgIpc) is 4.12. The van der Waals surface area contributed by atoms with Crippen molar-refractivity contribution >= 4 is 34.5 Å². The first-order chi connectivity index (χ1) is 30.7. The number of para-hydroxylation sites is 1. The molecule has 0 saturated heterocycles. The molecular weight excluding hydrogens is 829 g/mol. The Bertz CT molecular complexity index is 2770. The van der Waals surface area contributed by atoms with Crippen LogP contribution in [0.3, 0.4) is 0 Å². The summed E-state index contributed by atoms with van der Waals surface area (Å²) in [7, 11) is 3.16. The Morgan fingerprint density at radius 3 is 1.89 bits per heavy atom. The highest BCUT2D eigenvalue weighted by molar-refractivity contribution is 6.02. The Hall–Kier alpha value is -6.41. The number of ketones is 2. The molecule has 0 aliphatic heterocycles. The van der Waals surface area contributed by atoms with E-state index in [0.717, 1.165) is 91.1 Å². The molecule has 0 spiro atoms. The predicted molar refractivity (Wildman–Crippen MR) is 247 cm³/mol. The normalized spacial score (nSPS) is 19.6. The van der Waals surface area contributed by atoms with Crippen molar-refractivity contribution in [3.05, 3.63) is 139 Å². The largest absolute Gasteiger partial charge is 0.505 e. The molecule has 5 N–H and O–H groups in total. The number of nitrogens with one attached hydrogen (secondary N) is 2. The number of fused-ring (bicyclic) bond motifs is 4. The molecule has 4 heterocycles. The molecule has 2 unspecified atom stereocenters. The number of hydrogen-bond acceptors (Lipinski definition) is 13. The molecule has 1 amide bonds. The van der Waals surface area contributed by atoms with E-state index in [1.165, 1.54) is 16.5 Å². The van der Waals surface area contributed by atoms with Crippen LogP contribution in [0.25, 0.3) is 0 Å². The Morgan fingerprint density at radius 2 is 1.23 bits per heavy atom. The molecule has 65 heavy (non-hydrogen) atoms. The number of rotatable bonds is 5. The van der Waals surface area contributed by atoms with Crippen LogP contribution in [0, 0.1) is 16.2 Å². The van der Waals surface area contributed by atoms with Crippen molar-refractivity contribution in [3.8, 4) is 5.75 Å². The molecule has 2 aromatic carbocycles. The van der Waals surface area contributed by atoms with Gasteiger partial charge in [0.05, 0.1) is 53.5 Å². The van der Waals surface area contributed by atoms with Gasteiger partial charge in [0.2, 0.25) is 0 Å². The van der Waals surface area contributed by atoms with E-state index in [-0.39, 0.29) is 74.2 Å². The molecule has 4 aliphatic rings. The fraction of sp³-hybridized carbons (Fsp3) is 0.431. The van der Waals surface area contributed by atoms with Crippen LogP contribution in [0.4, 0.5) is 17.1 Å². The monoisotopic (exact) mass is 888 g/mol. The third-order valence-corrected chi connectivity index (χ3v) is 13.4. The zero-order chi connectivity index (χ0) is 47.0.